The Labute approximate surface area is 204 Å². The first-order valence-electron chi connectivity index (χ1n) is 10.9. The number of para-hydroxylation sites is 1. The molecule has 12 heteroatoms. The molecule has 0 bridgehead atoms. The summed E-state index contributed by atoms with van der Waals surface area (Å²) < 4.78 is 10.4. The third-order valence-electron chi connectivity index (χ3n) is 5.42. The molecule has 35 heavy (non-hydrogen) atoms. The molecular weight excluding hydrogens is 470 g/mol. The molecule has 0 radical (unpaired) electrons. The largest absolute Gasteiger partial charge is 0.461 e. The fourth-order valence-corrected chi connectivity index (χ4v) is 4.46. The molecule has 0 saturated heterocycles. The monoisotopic (exact) mass is 495 g/mol. The molecule has 0 unspecified atom stereocenters. The van der Waals surface area contributed by atoms with Crippen LogP contribution in [0.3, 0.4) is 0 Å². The Bertz CT molecular complexity index is 1390. The number of furan rings is 1. The van der Waals surface area contributed by atoms with Gasteiger partial charge < -0.3 is 15.5 Å². The molecule has 0 aliphatic carbocycles. The van der Waals surface area contributed by atoms with Crippen LogP contribution in [-0.4, -0.2) is 41.7 Å². The molecule has 11 nitrogen and oxygen atoms in total. The molecule has 3 N–H and O–H groups in total. The Hall–Kier alpha value is -4.06. The summed E-state index contributed by atoms with van der Waals surface area (Å²) in [4.78, 5) is 36.9. The van der Waals surface area contributed by atoms with Crippen molar-refractivity contribution in [3.63, 3.8) is 0 Å². The number of anilines is 1. The first-order valence-corrected chi connectivity index (χ1v) is 11.9. The summed E-state index contributed by atoms with van der Waals surface area (Å²) >= 11 is 1.32. The summed E-state index contributed by atoms with van der Waals surface area (Å²) in [6.45, 7) is 2.07. The third-order valence-corrected chi connectivity index (χ3v) is 6.39. The molecule has 0 atom stereocenters. The maximum absolute atomic E-state index is 13.0. The van der Waals surface area contributed by atoms with Crippen LogP contribution in [0.2, 0.25) is 0 Å². The van der Waals surface area contributed by atoms with Crippen LogP contribution >= 0.6 is 11.8 Å². The fourth-order valence-electron chi connectivity index (χ4n) is 3.56. The van der Waals surface area contributed by atoms with Crippen molar-refractivity contribution < 1.29 is 14.0 Å². The Morgan fingerprint density at radius 2 is 1.89 bits per heavy atom. The normalized spacial score (nSPS) is 11.0. The van der Waals surface area contributed by atoms with Gasteiger partial charge in [0.25, 0.3) is 5.56 Å². The lowest BCUT2D eigenvalue weighted by Crippen LogP contribution is -2.23. The number of thioether (sulfide) groups is 1. The first kappa shape index (κ1) is 24.1. The van der Waals surface area contributed by atoms with E-state index in [4.69, 9.17) is 10.2 Å². The summed E-state index contributed by atoms with van der Waals surface area (Å²) in [5, 5.41) is 11.6. The quantitative estimate of drug-likeness (QED) is 0.321. The molecule has 1 aromatic carbocycles. The van der Waals surface area contributed by atoms with Crippen molar-refractivity contribution in [2.45, 2.75) is 31.5 Å². The molecule has 4 rings (SSSR count). The highest BCUT2D eigenvalue weighted by Crippen LogP contribution is 2.25. The predicted molar refractivity (Wildman–Crippen MR) is 131 cm³/mol. The summed E-state index contributed by atoms with van der Waals surface area (Å²) in [5.74, 6) is 0.638. The number of amides is 2. The summed E-state index contributed by atoms with van der Waals surface area (Å²) in [5.41, 5.74) is 6.61. The second kappa shape index (κ2) is 10.5. The van der Waals surface area contributed by atoms with E-state index in [2.05, 4.69) is 15.5 Å². The average Bonchev–Trinajstić information content (AvgIpc) is 3.55. The minimum Gasteiger partial charge on any atom is -0.461 e. The zero-order valence-corrected chi connectivity index (χ0v) is 20.1. The van der Waals surface area contributed by atoms with E-state index >= 15 is 0 Å². The summed E-state index contributed by atoms with van der Waals surface area (Å²) in [7, 11) is 1.77. The van der Waals surface area contributed by atoms with Gasteiger partial charge in [-0.25, -0.2) is 4.68 Å². The summed E-state index contributed by atoms with van der Waals surface area (Å²) in [6.07, 6.45) is 1.78. The van der Waals surface area contributed by atoms with Crippen molar-refractivity contribution in [2.24, 2.45) is 12.8 Å². The Kier molecular flexibility index (Phi) is 7.20. The third kappa shape index (κ3) is 5.22. The second-order valence-electron chi connectivity index (χ2n) is 7.73. The minimum atomic E-state index is -0.446. The Balaban J connectivity index is 1.43. The number of nitrogens with one attached hydrogen (secondary N) is 1. The van der Waals surface area contributed by atoms with Crippen LogP contribution in [0.1, 0.15) is 18.5 Å². The molecule has 2 amide bonds. The molecule has 3 heterocycles. The Morgan fingerprint density at radius 1 is 1.11 bits per heavy atom. The highest BCUT2D eigenvalue weighted by Gasteiger charge is 2.20. The minimum absolute atomic E-state index is 0.112. The van der Waals surface area contributed by atoms with E-state index in [1.165, 1.54) is 22.7 Å². The number of carbonyl (C=O) groups excluding carboxylic acids is 2. The maximum atomic E-state index is 13.0. The van der Waals surface area contributed by atoms with Gasteiger partial charge >= 0.3 is 0 Å². The predicted octanol–water partition coefficient (Wildman–Crippen LogP) is 2.33. The van der Waals surface area contributed by atoms with Gasteiger partial charge in [-0.15, -0.1) is 10.2 Å². The number of primary amides is 1. The number of nitrogens with zero attached hydrogens (tertiary/aromatic N) is 5. The Morgan fingerprint density at radius 3 is 2.57 bits per heavy atom. The highest BCUT2D eigenvalue weighted by atomic mass is 32.2. The van der Waals surface area contributed by atoms with Crippen LogP contribution in [0, 0.1) is 6.92 Å². The van der Waals surface area contributed by atoms with Crippen LogP contribution in [0.15, 0.2) is 63.1 Å². The standard InChI is InChI=1S/C23H25N7O4S/c1-15-20(22(33)30(28(15)2)16-7-4-3-5-8-16)25-19(32)11-14-35-23-27-26-21(17-9-6-13-34-17)29(23)12-10-18(24)31/h3-9,13H,10-12,14H2,1-2H3,(H2,24,31)(H,25,32). The van der Waals surface area contributed by atoms with Crippen LogP contribution in [0.4, 0.5) is 5.69 Å². The van der Waals surface area contributed by atoms with Gasteiger partial charge in [-0.2, -0.15) is 0 Å². The van der Waals surface area contributed by atoms with Gasteiger partial charge in [-0.1, -0.05) is 30.0 Å². The molecule has 4 aromatic rings. The van der Waals surface area contributed by atoms with Crippen molar-refractivity contribution in [2.75, 3.05) is 11.1 Å². The van der Waals surface area contributed by atoms with E-state index in [0.29, 0.717) is 33.9 Å². The molecule has 0 aliphatic rings. The molecule has 0 saturated carbocycles. The van der Waals surface area contributed by atoms with Crippen molar-refractivity contribution in [1.29, 1.82) is 0 Å². The van der Waals surface area contributed by atoms with E-state index in [-0.39, 0.29) is 36.5 Å². The number of benzene rings is 1. The van der Waals surface area contributed by atoms with Crippen LogP contribution in [0.5, 0.6) is 0 Å². The van der Waals surface area contributed by atoms with Crippen LogP contribution in [-0.2, 0) is 23.2 Å². The molecule has 3 aromatic heterocycles. The number of nitrogens with two attached hydrogens (primary N) is 1. The maximum Gasteiger partial charge on any atom is 0.295 e. The van der Waals surface area contributed by atoms with E-state index in [9.17, 15) is 14.4 Å². The van der Waals surface area contributed by atoms with Crippen molar-refractivity contribution in [3.8, 4) is 17.3 Å². The van der Waals surface area contributed by atoms with Crippen LogP contribution < -0.4 is 16.6 Å². The van der Waals surface area contributed by atoms with Gasteiger partial charge in [0.05, 0.1) is 17.6 Å². The fraction of sp³-hybridized carbons (Fsp3) is 0.261. The second-order valence-corrected chi connectivity index (χ2v) is 8.80. The summed E-state index contributed by atoms with van der Waals surface area (Å²) in [6, 6.07) is 12.7. The number of hydrogen-bond donors (Lipinski definition) is 2. The van der Waals surface area contributed by atoms with E-state index in [1.807, 2.05) is 30.3 Å². The molecule has 0 aliphatic heterocycles. The number of aromatic nitrogens is 5. The van der Waals surface area contributed by atoms with Crippen molar-refractivity contribution >= 4 is 29.3 Å². The molecule has 0 fully saturated rings. The smallest absolute Gasteiger partial charge is 0.295 e. The number of rotatable bonds is 10. The van der Waals surface area contributed by atoms with Gasteiger partial charge in [0.1, 0.15) is 5.69 Å². The number of hydrogen-bond acceptors (Lipinski definition) is 7. The van der Waals surface area contributed by atoms with E-state index < -0.39 is 5.91 Å². The SMILES string of the molecule is Cc1c(NC(=O)CCSc2nnc(-c3ccco3)n2CCC(N)=O)c(=O)n(-c2ccccc2)n1C. The first-order chi connectivity index (χ1) is 16.9. The zero-order chi connectivity index (χ0) is 24.9. The topological polar surface area (TPSA) is 143 Å². The van der Waals surface area contributed by atoms with E-state index in [1.54, 1.807) is 35.4 Å². The van der Waals surface area contributed by atoms with Gasteiger partial charge in [-0.05, 0) is 31.2 Å². The highest BCUT2D eigenvalue weighted by molar-refractivity contribution is 7.99. The van der Waals surface area contributed by atoms with Crippen LogP contribution in [0.25, 0.3) is 17.3 Å². The molecule has 0 spiro atoms. The van der Waals surface area contributed by atoms with Gasteiger partial charge in [-0.3, -0.25) is 23.6 Å². The molecule has 182 valence electrons. The number of carbonyl (C=O) groups is 2. The lowest BCUT2D eigenvalue weighted by atomic mass is 10.3. The lowest BCUT2D eigenvalue weighted by Gasteiger charge is -2.08. The van der Waals surface area contributed by atoms with Gasteiger partial charge in [0, 0.05) is 32.2 Å². The average molecular weight is 496 g/mol. The zero-order valence-electron chi connectivity index (χ0n) is 19.3. The van der Waals surface area contributed by atoms with E-state index in [0.717, 1.165) is 0 Å². The molecular formula is C23H25N7O4S. The van der Waals surface area contributed by atoms with Crippen molar-refractivity contribution in [3.05, 3.63) is 64.8 Å². The van der Waals surface area contributed by atoms with Crippen molar-refractivity contribution in [1.82, 2.24) is 24.1 Å². The lowest BCUT2D eigenvalue weighted by molar-refractivity contribution is -0.118. The van der Waals surface area contributed by atoms with Gasteiger partial charge in [0.15, 0.2) is 16.7 Å². The van der Waals surface area contributed by atoms with Gasteiger partial charge in [0.2, 0.25) is 11.8 Å².